The van der Waals surface area contributed by atoms with Gasteiger partial charge in [0.1, 0.15) is 17.6 Å². The van der Waals surface area contributed by atoms with Gasteiger partial charge >= 0.3 is 0 Å². The zero-order chi connectivity index (χ0) is 22.9. The van der Waals surface area contributed by atoms with Gasteiger partial charge in [-0.2, -0.15) is 0 Å². The van der Waals surface area contributed by atoms with Crippen molar-refractivity contribution in [2.75, 3.05) is 19.4 Å². The normalized spacial score (nSPS) is 20.0. The molecule has 1 aliphatic carbocycles. The number of phenolic OH excluding ortho intramolecular Hbond substituents is 1. The molecule has 2 aromatic rings. The van der Waals surface area contributed by atoms with Crippen LogP contribution in [0.5, 0.6) is 5.75 Å². The van der Waals surface area contributed by atoms with Crippen LogP contribution in [0.2, 0.25) is 5.02 Å². The van der Waals surface area contributed by atoms with E-state index in [0.29, 0.717) is 6.42 Å². The third kappa shape index (κ3) is 4.16. The first-order valence-electron chi connectivity index (χ1n) is 10.0. The minimum Gasteiger partial charge on any atom is -0.505 e. The van der Waals surface area contributed by atoms with Crippen molar-refractivity contribution in [1.82, 2.24) is 10.2 Å². The minimum atomic E-state index is -0.878. The maximum Gasteiger partial charge on any atom is 0.258 e. The number of benzene rings is 2. The number of hydrogen-bond acceptors (Lipinski definition) is 6. The molecule has 31 heavy (non-hydrogen) atoms. The molecule has 3 atom stereocenters. The lowest BCUT2D eigenvalue weighted by Crippen LogP contribution is -2.70. The Morgan fingerprint density at radius 1 is 1.10 bits per heavy atom. The molecule has 1 amide bonds. The molecule has 3 N–H and O–H groups in total. The molecule has 0 spiro atoms. The van der Waals surface area contributed by atoms with Gasteiger partial charge in [-0.1, -0.05) is 48.9 Å². The number of hydrogen-bond donors (Lipinski definition) is 3. The lowest BCUT2D eigenvalue weighted by atomic mass is 9.79. The Bertz CT molecular complexity index is 1020. The molecule has 3 rings (SSSR count). The van der Waals surface area contributed by atoms with Crippen LogP contribution < -0.4 is 10.6 Å². The second-order valence-electron chi connectivity index (χ2n) is 8.04. The van der Waals surface area contributed by atoms with Crippen molar-refractivity contribution in [3.63, 3.8) is 0 Å². The van der Waals surface area contributed by atoms with Gasteiger partial charge in [-0.3, -0.25) is 19.7 Å². The molecule has 0 heterocycles. The molecule has 3 unspecified atom stereocenters. The van der Waals surface area contributed by atoms with Gasteiger partial charge in [0.05, 0.1) is 10.7 Å². The lowest BCUT2D eigenvalue weighted by Gasteiger charge is -2.42. The summed E-state index contributed by atoms with van der Waals surface area (Å²) in [5.41, 5.74) is 0.555. The quantitative estimate of drug-likeness (QED) is 0.449. The van der Waals surface area contributed by atoms with E-state index >= 15 is 0 Å². The summed E-state index contributed by atoms with van der Waals surface area (Å²) in [6.45, 7) is 3.97. The van der Waals surface area contributed by atoms with Crippen molar-refractivity contribution in [2.24, 2.45) is 0 Å². The van der Waals surface area contributed by atoms with Crippen molar-refractivity contribution in [3.8, 4) is 5.75 Å². The van der Waals surface area contributed by atoms with Gasteiger partial charge in [0, 0.05) is 19.6 Å². The predicted octanol–water partition coefficient (Wildman–Crippen LogP) is 2.96. The largest absolute Gasteiger partial charge is 0.505 e. The van der Waals surface area contributed by atoms with Gasteiger partial charge in [-0.25, -0.2) is 0 Å². The third-order valence-electron chi connectivity index (χ3n) is 5.79. The fourth-order valence-corrected chi connectivity index (χ4v) is 3.86. The average molecular weight is 444 g/mol. The summed E-state index contributed by atoms with van der Waals surface area (Å²) in [5.74, 6) is -1.94. The Labute approximate surface area is 186 Å². The van der Waals surface area contributed by atoms with Crippen LogP contribution >= 0.6 is 11.6 Å². The summed E-state index contributed by atoms with van der Waals surface area (Å²) in [6.07, 6.45) is 0.690. The Hall–Kier alpha value is -2.90. The highest BCUT2D eigenvalue weighted by Crippen LogP contribution is 2.36. The highest BCUT2D eigenvalue weighted by Gasteiger charge is 2.51. The summed E-state index contributed by atoms with van der Waals surface area (Å²) in [6, 6.07) is 11.0. The Morgan fingerprint density at radius 2 is 1.71 bits per heavy atom. The van der Waals surface area contributed by atoms with Crippen molar-refractivity contribution in [2.45, 2.75) is 37.9 Å². The lowest BCUT2D eigenvalue weighted by molar-refractivity contribution is -0.146. The highest BCUT2D eigenvalue weighted by atomic mass is 35.5. The summed E-state index contributed by atoms with van der Waals surface area (Å²) in [7, 11) is 3.09. The number of carbonyl (C=O) groups is 3. The number of nitrogens with one attached hydrogen (secondary N) is 2. The smallest absolute Gasteiger partial charge is 0.258 e. The van der Waals surface area contributed by atoms with Gasteiger partial charge in [0.2, 0.25) is 11.6 Å². The van der Waals surface area contributed by atoms with Crippen LogP contribution in [0.15, 0.2) is 42.5 Å². The van der Waals surface area contributed by atoms with Gasteiger partial charge < -0.3 is 15.3 Å². The van der Waals surface area contributed by atoms with Crippen LogP contribution in [0.25, 0.3) is 0 Å². The van der Waals surface area contributed by atoms with Crippen molar-refractivity contribution in [3.05, 3.63) is 58.6 Å². The molecule has 164 valence electrons. The molecule has 7 nitrogen and oxygen atoms in total. The summed E-state index contributed by atoms with van der Waals surface area (Å²) in [5, 5.41) is 17.0. The van der Waals surface area contributed by atoms with Gasteiger partial charge in [0.25, 0.3) is 5.91 Å². The van der Waals surface area contributed by atoms with Crippen molar-refractivity contribution in [1.29, 1.82) is 0 Å². The summed E-state index contributed by atoms with van der Waals surface area (Å²) in [4.78, 5) is 38.4. The van der Waals surface area contributed by atoms with E-state index in [1.807, 2.05) is 44.2 Å². The molecular formula is C23H26ClN3O4. The van der Waals surface area contributed by atoms with Crippen LogP contribution in [0.4, 0.5) is 5.69 Å². The molecule has 0 bridgehead atoms. The van der Waals surface area contributed by atoms with E-state index < -0.39 is 35.1 Å². The Balaban J connectivity index is 1.88. The van der Waals surface area contributed by atoms with Gasteiger partial charge in [-0.15, -0.1) is 0 Å². The number of phenols is 1. The standard InChI is InChI=1S/C23H26ClN3O4/c1-5-23(2,13-9-7-6-8-10-13)26-18-17(20(29)21(18)30)25-15-12-11-14(24)16(19(15)28)22(31)27(3)4/h6-12,17-18,25-26,28H,5H2,1-4H3. The monoisotopic (exact) mass is 443 g/mol. The number of aromatic hydroxyl groups is 1. The maximum atomic E-state index is 12.4. The van der Waals surface area contributed by atoms with E-state index in [9.17, 15) is 19.5 Å². The van der Waals surface area contributed by atoms with E-state index in [4.69, 9.17) is 11.6 Å². The molecule has 0 radical (unpaired) electrons. The molecule has 1 aliphatic rings. The van der Waals surface area contributed by atoms with E-state index in [1.54, 1.807) is 14.1 Å². The predicted molar refractivity (Wildman–Crippen MR) is 120 cm³/mol. The minimum absolute atomic E-state index is 0.0676. The number of anilines is 1. The van der Waals surface area contributed by atoms with E-state index in [1.165, 1.54) is 17.0 Å². The second-order valence-corrected chi connectivity index (χ2v) is 8.45. The van der Waals surface area contributed by atoms with Gasteiger partial charge in [0.15, 0.2) is 5.75 Å². The number of carbonyl (C=O) groups excluding carboxylic acids is 3. The zero-order valence-corrected chi connectivity index (χ0v) is 18.7. The Morgan fingerprint density at radius 3 is 2.29 bits per heavy atom. The van der Waals surface area contributed by atoms with Crippen molar-refractivity contribution < 1.29 is 19.5 Å². The maximum absolute atomic E-state index is 12.4. The fourth-order valence-electron chi connectivity index (χ4n) is 3.63. The van der Waals surface area contributed by atoms with Crippen LogP contribution in [-0.4, -0.2) is 53.7 Å². The average Bonchev–Trinajstić information content (AvgIpc) is 2.77. The molecule has 1 fully saturated rings. The number of nitrogens with zero attached hydrogens (tertiary/aromatic N) is 1. The van der Waals surface area contributed by atoms with Crippen LogP contribution in [-0.2, 0) is 15.1 Å². The van der Waals surface area contributed by atoms with Crippen molar-refractivity contribution >= 4 is 34.8 Å². The second kappa shape index (κ2) is 8.69. The molecule has 0 aromatic heterocycles. The number of ketones is 2. The fraction of sp³-hybridized carbons (Fsp3) is 0.348. The van der Waals surface area contributed by atoms with Gasteiger partial charge in [-0.05, 0) is 31.0 Å². The summed E-state index contributed by atoms with van der Waals surface area (Å²) < 4.78 is 0. The topological polar surface area (TPSA) is 98.7 Å². The molecule has 1 saturated carbocycles. The molecule has 8 heteroatoms. The highest BCUT2D eigenvalue weighted by molar-refractivity contribution is 6.49. The molecular weight excluding hydrogens is 418 g/mol. The number of halogens is 1. The summed E-state index contributed by atoms with van der Waals surface area (Å²) >= 11 is 6.11. The SMILES string of the molecule is CCC(C)(NC1C(=O)C(=O)C1Nc1ccc(Cl)c(C(=O)N(C)C)c1O)c1ccccc1. The first kappa shape index (κ1) is 22.8. The first-order chi connectivity index (χ1) is 14.6. The van der Waals surface area contributed by atoms with Crippen LogP contribution in [0.1, 0.15) is 36.2 Å². The van der Waals surface area contributed by atoms with E-state index in [-0.39, 0.29) is 22.0 Å². The van der Waals surface area contributed by atoms with Crippen LogP contribution in [0.3, 0.4) is 0 Å². The number of Topliss-reactive ketones (excluding diaryl/α,β-unsaturated/α-hetero) is 2. The zero-order valence-electron chi connectivity index (χ0n) is 17.9. The molecule has 0 aliphatic heterocycles. The number of amides is 1. The first-order valence-corrected chi connectivity index (χ1v) is 10.4. The molecule has 2 aromatic carbocycles. The van der Waals surface area contributed by atoms with E-state index in [2.05, 4.69) is 10.6 Å². The Kier molecular flexibility index (Phi) is 6.38. The van der Waals surface area contributed by atoms with E-state index in [0.717, 1.165) is 5.56 Å². The number of rotatable bonds is 7. The third-order valence-corrected chi connectivity index (χ3v) is 6.11. The van der Waals surface area contributed by atoms with Crippen LogP contribution in [0, 0.1) is 0 Å². The molecule has 0 saturated heterocycles.